The number of fused-ring (bicyclic) bond motifs is 1. The molecule has 0 N–H and O–H groups in total. The van der Waals surface area contributed by atoms with E-state index >= 15 is 4.39 Å². The zero-order valence-corrected chi connectivity index (χ0v) is 21.0. The van der Waals surface area contributed by atoms with Crippen molar-refractivity contribution < 1.29 is 4.39 Å². The molecule has 4 aromatic carbocycles. The molecule has 0 atom stereocenters. The third kappa shape index (κ3) is 6.83. The standard InChI is InChI=1S/C34H35F/c1-3-5-6-8-27-11-15-29(16-12-27)19-21-31-22-23-32-25-30(20-24-33(32)34(31)35)18-17-28-13-9-26(7-4-2)10-14-28/h9-16,20,22-25H,3-8,19,21H2,1-2H3. The topological polar surface area (TPSA) is 0 Å². The van der Waals surface area contributed by atoms with Crippen LogP contribution in [-0.4, -0.2) is 0 Å². The van der Waals surface area contributed by atoms with Gasteiger partial charge in [-0.15, -0.1) is 0 Å². The van der Waals surface area contributed by atoms with E-state index in [1.165, 1.54) is 36.0 Å². The molecule has 0 aromatic heterocycles. The van der Waals surface area contributed by atoms with E-state index in [2.05, 4.69) is 74.2 Å². The van der Waals surface area contributed by atoms with Gasteiger partial charge in [-0.25, -0.2) is 4.39 Å². The molecule has 1 heteroatoms. The fourth-order valence-electron chi connectivity index (χ4n) is 4.53. The van der Waals surface area contributed by atoms with Crippen molar-refractivity contribution in [3.05, 3.63) is 118 Å². The molecule has 4 aromatic rings. The van der Waals surface area contributed by atoms with Gasteiger partial charge in [-0.05, 0) is 84.0 Å². The molecule has 0 amide bonds. The molecule has 0 spiro atoms. The second-order valence-electron chi connectivity index (χ2n) is 9.45. The van der Waals surface area contributed by atoms with Crippen LogP contribution in [0.2, 0.25) is 0 Å². The average molecular weight is 463 g/mol. The Bertz CT molecular complexity index is 1300. The van der Waals surface area contributed by atoms with E-state index in [9.17, 15) is 0 Å². The van der Waals surface area contributed by atoms with Crippen LogP contribution in [0.4, 0.5) is 4.39 Å². The maximum Gasteiger partial charge on any atom is 0.134 e. The van der Waals surface area contributed by atoms with Crippen LogP contribution in [0.1, 0.15) is 72.9 Å². The maximum absolute atomic E-state index is 15.3. The monoisotopic (exact) mass is 462 g/mol. The quantitative estimate of drug-likeness (QED) is 0.172. The van der Waals surface area contributed by atoms with E-state index in [0.717, 1.165) is 47.8 Å². The lowest BCUT2D eigenvalue weighted by Gasteiger charge is -2.08. The molecule has 0 unspecified atom stereocenters. The Kier molecular flexibility index (Phi) is 8.74. The molecule has 35 heavy (non-hydrogen) atoms. The predicted octanol–water partition coefficient (Wildman–Crippen LogP) is 8.85. The van der Waals surface area contributed by atoms with Gasteiger partial charge in [0.2, 0.25) is 0 Å². The van der Waals surface area contributed by atoms with E-state index < -0.39 is 0 Å². The molecule has 0 fully saturated rings. The Morgan fingerprint density at radius 1 is 0.571 bits per heavy atom. The van der Waals surface area contributed by atoms with Gasteiger partial charge in [0.1, 0.15) is 5.82 Å². The highest BCUT2D eigenvalue weighted by Gasteiger charge is 2.08. The molecule has 0 heterocycles. The summed E-state index contributed by atoms with van der Waals surface area (Å²) < 4.78 is 15.3. The average Bonchev–Trinajstić information content (AvgIpc) is 2.89. The first-order valence-corrected chi connectivity index (χ1v) is 13.1. The second kappa shape index (κ2) is 12.4. The zero-order valence-electron chi connectivity index (χ0n) is 21.0. The van der Waals surface area contributed by atoms with Gasteiger partial charge >= 0.3 is 0 Å². The van der Waals surface area contributed by atoms with Crippen molar-refractivity contribution in [3.8, 4) is 11.8 Å². The maximum atomic E-state index is 15.3. The van der Waals surface area contributed by atoms with Gasteiger partial charge in [0, 0.05) is 16.5 Å². The minimum atomic E-state index is -0.107. The van der Waals surface area contributed by atoms with Gasteiger partial charge in [0.05, 0.1) is 0 Å². The van der Waals surface area contributed by atoms with E-state index in [4.69, 9.17) is 0 Å². The van der Waals surface area contributed by atoms with Gasteiger partial charge in [0.15, 0.2) is 0 Å². The van der Waals surface area contributed by atoms with Crippen LogP contribution in [0.15, 0.2) is 78.9 Å². The minimum Gasteiger partial charge on any atom is -0.206 e. The first-order valence-electron chi connectivity index (χ1n) is 13.1. The Balaban J connectivity index is 1.42. The lowest BCUT2D eigenvalue weighted by atomic mass is 9.98. The summed E-state index contributed by atoms with van der Waals surface area (Å²) in [5, 5.41) is 1.57. The van der Waals surface area contributed by atoms with E-state index in [1.54, 1.807) is 0 Å². The highest BCUT2D eigenvalue weighted by Crippen LogP contribution is 2.24. The van der Waals surface area contributed by atoms with Gasteiger partial charge in [-0.2, -0.15) is 0 Å². The molecule has 0 saturated heterocycles. The number of aryl methyl sites for hydroxylation is 4. The van der Waals surface area contributed by atoms with E-state index in [0.29, 0.717) is 11.8 Å². The Morgan fingerprint density at radius 2 is 1.20 bits per heavy atom. The molecule has 0 bridgehead atoms. The molecular formula is C34H35F. The fraction of sp³-hybridized carbons (Fsp3) is 0.294. The van der Waals surface area contributed by atoms with Crippen molar-refractivity contribution >= 4 is 10.8 Å². The van der Waals surface area contributed by atoms with Crippen molar-refractivity contribution in [1.82, 2.24) is 0 Å². The van der Waals surface area contributed by atoms with Crippen LogP contribution in [-0.2, 0) is 25.7 Å². The van der Waals surface area contributed by atoms with Crippen LogP contribution < -0.4 is 0 Å². The molecule has 0 aliphatic rings. The summed E-state index contributed by atoms with van der Waals surface area (Å²) in [5.41, 5.74) is 6.68. The summed E-state index contributed by atoms with van der Waals surface area (Å²) in [4.78, 5) is 0. The number of halogens is 1. The Labute approximate surface area is 210 Å². The summed E-state index contributed by atoms with van der Waals surface area (Å²) in [6.45, 7) is 4.42. The number of hydrogen-bond acceptors (Lipinski definition) is 0. The van der Waals surface area contributed by atoms with Crippen LogP contribution >= 0.6 is 0 Å². The van der Waals surface area contributed by atoms with Crippen LogP contribution in [0.3, 0.4) is 0 Å². The van der Waals surface area contributed by atoms with Crippen molar-refractivity contribution in [2.75, 3.05) is 0 Å². The first-order chi connectivity index (χ1) is 17.2. The van der Waals surface area contributed by atoms with Crippen LogP contribution in [0, 0.1) is 17.7 Å². The Hall–Kier alpha value is -3.37. The molecule has 0 aliphatic heterocycles. The summed E-state index contributed by atoms with van der Waals surface area (Å²) in [5.74, 6) is 6.36. The SMILES string of the molecule is CCCCCc1ccc(CCc2ccc3cc(C#Cc4ccc(CCC)cc4)ccc3c2F)cc1. The molecule has 0 saturated carbocycles. The number of benzene rings is 4. The molecule has 0 nitrogen and oxygen atoms in total. The van der Waals surface area contributed by atoms with Crippen LogP contribution in [0.25, 0.3) is 10.8 Å². The summed E-state index contributed by atoms with van der Waals surface area (Å²) in [6.07, 6.45) is 8.71. The van der Waals surface area contributed by atoms with Gasteiger partial charge in [-0.1, -0.05) is 99.5 Å². The fourth-order valence-corrected chi connectivity index (χ4v) is 4.53. The smallest absolute Gasteiger partial charge is 0.134 e. The minimum absolute atomic E-state index is 0.107. The largest absolute Gasteiger partial charge is 0.206 e. The highest BCUT2D eigenvalue weighted by atomic mass is 19.1. The van der Waals surface area contributed by atoms with Gasteiger partial charge < -0.3 is 0 Å². The lowest BCUT2D eigenvalue weighted by molar-refractivity contribution is 0.620. The molecule has 0 aliphatic carbocycles. The third-order valence-electron chi connectivity index (χ3n) is 6.65. The van der Waals surface area contributed by atoms with E-state index in [-0.39, 0.29) is 5.82 Å². The Morgan fingerprint density at radius 3 is 1.91 bits per heavy atom. The second-order valence-corrected chi connectivity index (χ2v) is 9.45. The van der Waals surface area contributed by atoms with Crippen LogP contribution in [0.5, 0.6) is 0 Å². The third-order valence-corrected chi connectivity index (χ3v) is 6.65. The number of unbranched alkanes of at least 4 members (excludes halogenated alkanes) is 2. The lowest BCUT2D eigenvalue weighted by Crippen LogP contribution is -1.96. The summed E-state index contributed by atoms with van der Waals surface area (Å²) in [7, 11) is 0. The summed E-state index contributed by atoms with van der Waals surface area (Å²) in [6, 6.07) is 27.0. The van der Waals surface area contributed by atoms with E-state index in [1.807, 2.05) is 30.3 Å². The van der Waals surface area contributed by atoms with Gasteiger partial charge in [0.25, 0.3) is 0 Å². The molecule has 0 radical (unpaired) electrons. The highest BCUT2D eigenvalue weighted by molar-refractivity contribution is 5.85. The molecular weight excluding hydrogens is 427 g/mol. The first kappa shape index (κ1) is 24.7. The van der Waals surface area contributed by atoms with Crippen molar-refractivity contribution in [1.29, 1.82) is 0 Å². The zero-order chi connectivity index (χ0) is 24.5. The van der Waals surface area contributed by atoms with Crippen molar-refractivity contribution in [3.63, 3.8) is 0 Å². The number of rotatable bonds is 9. The summed E-state index contributed by atoms with van der Waals surface area (Å²) >= 11 is 0. The number of hydrogen-bond donors (Lipinski definition) is 0. The normalized spacial score (nSPS) is 10.8. The van der Waals surface area contributed by atoms with Crippen molar-refractivity contribution in [2.24, 2.45) is 0 Å². The predicted molar refractivity (Wildman–Crippen MR) is 147 cm³/mol. The van der Waals surface area contributed by atoms with Crippen molar-refractivity contribution in [2.45, 2.75) is 65.2 Å². The van der Waals surface area contributed by atoms with Gasteiger partial charge in [-0.3, -0.25) is 0 Å². The molecule has 178 valence electrons. The molecule has 4 rings (SSSR count).